The fourth-order valence-corrected chi connectivity index (χ4v) is 3.07. The van der Waals surface area contributed by atoms with E-state index in [1.54, 1.807) is 14.7 Å². The molecular formula is C18H30N4O7. The monoisotopic (exact) mass is 414 g/mol. The third kappa shape index (κ3) is 11.3. The van der Waals surface area contributed by atoms with Gasteiger partial charge in [-0.1, -0.05) is 6.58 Å². The number of aliphatic carboxylic acids is 3. The summed E-state index contributed by atoms with van der Waals surface area (Å²) in [7, 11) is 0. The van der Waals surface area contributed by atoms with Crippen molar-refractivity contribution in [2.45, 2.75) is 0 Å². The van der Waals surface area contributed by atoms with Gasteiger partial charge in [0.05, 0.1) is 26.2 Å². The first-order valence-electron chi connectivity index (χ1n) is 9.39. The van der Waals surface area contributed by atoms with Crippen molar-refractivity contribution in [3.8, 4) is 0 Å². The number of carboxylic acid groups (broad SMARTS) is 3. The highest BCUT2D eigenvalue weighted by Gasteiger charge is 2.20. The Morgan fingerprint density at radius 3 is 1.03 bits per heavy atom. The summed E-state index contributed by atoms with van der Waals surface area (Å²) in [6, 6.07) is 0. The number of carbonyl (C=O) groups is 4. The zero-order valence-electron chi connectivity index (χ0n) is 16.5. The highest BCUT2D eigenvalue weighted by molar-refractivity contribution is 5.90. The molecule has 3 N–H and O–H groups in total. The predicted octanol–water partition coefficient (Wildman–Crippen LogP) is -1.78. The first-order chi connectivity index (χ1) is 13.7. The molecule has 1 saturated heterocycles. The van der Waals surface area contributed by atoms with Crippen LogP contribution in [0.1, 0.15) is 0 Å². The molecule has 0 unspecified atom stereocenters. The fraction of sp³-hybridized carbons (Fsp3) is 0.667. The van der Waals surface area contributed by atoms with E-state index >= 15 is 0 Å². The number of hydrogen-bond donors (Lipinski definition) is 3. The van der Waals surface area contributed by atoms with E-state index in [1.165, 1.54) is 6.08 Å². The first-order valence-corrected chi connectivity index (χ1v) is 9.39. The number of hydrogen-bond acceptors (Lipinski definition) is 8. The van der Waals surface area contributed by atoms with Crippen LogP contribution in [0, 0.1) is 0 Å². The van der Waals surface area contributed by atoms with E-state index in [4.69, 9.17) is 15.3 Å². The van der Waals surface area contributed by atoms with Crippen molar-refractivity contribution in [1.29, 1.82) is 0 Å². The van der Waals surface area contributed by atoms with Gasteiger partial charge in [0.2, 0.25) is 0 Å². The molecule has 29 heavy (non-hydrogen) atoms. The first kappa shape index (κ1) is 24.7. The molecule has 0 aromatic heterocycles. The van der Waals surface area contributed by atoms with Crippen LogP contribution >= 0.6 is 0 Å². The van der Waals surface area contributed by atoms with Crippen LogP contribution in [0.4, 0.5) is 0 Å². The lowest BCUT2D eigenvalue weighted by Gasteiger charge is -2.32. The Bertz CT molecular complexity index is 567. The summed E-state index contributed by atoms with van der Waals surface area (Å²) < 4.78 is 0. The Labute approximate surface area is 169 Å². The van der Waals surface area contributed by atoms with Crippen molar-refractivity contribution in [3.63, 3.8) is 0 Å². The maximum Gasteiger partial charge on any atom is 0.317 e. The summed E-state index contributed by atoms with van der Waals surface area (Å²) in [4.78, 5) is 52.2. The Morgan fingerprint density at radius 1 is 0.586 bits per heavy atom. The van der Waals surface area contributed by atoms with Gasteiger partial charge in [-0.25, -0.2) is 0 Å². The standard InChI is InChI=1S/C18H30N4O7/c1-2-15(23)11-19-3-5-20(12-16(24)25)7-9-22(14-18(28)29)10-8-21(6-4-19)13-17(26)27/h2H,1,3-14H2,(H,24,25)(H,26,27)(H,28,29). The van der Waals surface area contributed by atoms with Crippen molar-refractivity contribution in [1.82, 2.24) is 19.6 Å². The molecular weight excluding hydrogens is 384 g/mol. The largest absolute Gasteiger partial charge is 0.480 e. The van der Waals surface area contributed by atoms with Crippen molar-refractivity contribution in [3.05, 3.63) is 12.7 Å². The third-order valence-corrected chi connectivity index (χ3v) is 4.61. The Balaban J connectivity index is 2.93. The molecule has 0 bridgehead atoms. The minimum Gasteiger partial charge on any atom is -0.480 e. The molecule has 11 heteroatoms. The van der Waals surface area contributed by atoms with E-state index in [1.807, 2.05) is 4.90 Å². The van der Waals surface area contributed by atoms with Crippen molar-refractivity contribution in [2.75, 3.05) is 78.5 Å². The number of nitrogens with zero attached hydrogens (tertiary/aromatic N) is 4. The molecule has 11 nitrogen and oxygen atoms in total. The lowest BCUT2D eigenvalue weighted by Crippen LogP contribution is -2.49. The second-order valence-electron chi connectivity index (χ2n) is 6.96. The molecule has 0 aliphatic carbocycles. The van der Waals surface area contributed by atoms with Crippen LogP contribution < -0.4 is 0 Å². The van der Waals surface area contributed by atoms with Crippen molar-refractivity contribution < 1.29 is 34.5 Å². The van der Waals surface area contributed by atoms with Gasteiger partial charge in [-0.05, 0) is 6.08 Å². The average molecular weight is 414 g/mol. The van der Waals surface area contributed by atoms with Crippen LogP contribution in [-0.4, -0.2) is 137 Å². The molecule has 1 rings (SSSR count). The lowest BCUT2D eigenvalue weighted by atomic mass is 10.3. The molecule has 0 spiro atoms. The van der Waals surface area contributed by atoms with Crippen LogP contribution in [-0.2, 0) is 19.2 Å². The lowest BCUT2D eigenvalue weighted by molar-refractivity contribution is -0.140. The second kappa shape index (κ2) is 13.0. The Morgan fingerprint density at radius 2 is 0.828 bits per heavy atom. The zero-order chi connectivity index (χ0) is 21.8. The van der Waals surface area contributed by atoms with E-state index < -0.39 is 17.9 Å². The van der Waals surface area contributed by atoms with Gasteiger partial charge in [-0.2, -0.15) is 0 Å². The van der Waals surface area contributed by atoms with Gasteiger partial charge in [-0.3, -0.25) is 38.8 Å². The van der Waals surface area contributed by atoms with Gasteiger partial charge in [0.15, 0.2) is 5.78 Å². The minimum atomic E-state index is -0.999. The summed E-state index contributed by atoms with van der Waals surface area (Å²) in [5.41, 5.74) is 0. The summed E-state index contributed by atoms with van der Waals surface area (Å²) in [5, 5.41) is 27.4. The van der Waals surface area contributed by atoms with E-state index in [0.29, 0.717) is 52.4 Å². The minimum absolute atomic E-state index is 0.121. The quantitative estimate of drug-likeness (QED) is 0.368. The summed E-state index contributed by atoms with van der Waals surface area (Å²) >= 11 is 0. The second-order valence-corrected chi connectivity index (χ2v) is 6.96. The van der Waals surface area contributed by atoms with Crippen molar-refractivity contribution >= 4 is 23.7 Å². The van der Waals surface area contributed by atoms with E-state index in [9.17, 15) is 19.2 Å². The summed E-state index contributed by atoms with van der Waals surface area (Å²) in [5.74, 6) is -3.13. The maximum atomic E-state index is 11.8. The molecule has 0 amide bonds. The van der Waals surface area contributed by atoms with E-state index in [-0.39, 0.29) is 32.0 Å². The topological polar surface area (TPSA) is 142 Å². The third-order valence-electron chi connectivity index (χ3n) is 4.61. The number of carbonyl (C=O) groups excluding carboxylic acids is 1. The number of rotatable bonds is 9. The summed E-state index contributed by atoms with van der Waals surface area (Å²) in [6.45, 7) is 6.00. The van der Waals surface area contributed by atoms with Gasteiger partial charge >= 0.3 is 17.9 Å². The molecule has 1 aliphatic rings. The van der Waals surface area contributed by atoms with Gasteiger partial charge in [-0.15, -0.1) is 0 Å². The highest BCUT2D eigenvalue weighted by Crippen LogP contribution is 2.01. The van der Waals surface area contributed by atoms with Gasteiger partial charge < -0.3 is 15.3 Å². The fourth-order valence-electron chi connectivity index (χ4n) is 3.07. The molecule has 1 fully saturated rings. The number of ketones is 1. The zero-order valence-corrected chi connectivity index (χ0v) is 16.5. The molecule has 0 aromatic carbocycles. The van der Waals surface area contributed by atoms with Crippen molar-refractivity contribution in [2.24, 2.45) is 0 Å². The van der Waals surface area contributed by atoms with Crippen LogP contribution in [0.3, 0.4) is 0 Å². The Hall–Kier alpha value is -2.34. The molecule has 0 atom stereocenters. The molecule has 0 aromatic rings. The Kier molecular flexibility index (Phi) is 11.1. The average Bonchev–Trinajstić information content (AvgIpc) is 2.62. The van der Waals surface area contributed by atoms with E-state index in [0.717, 1.165) is 0 Å². The van der Waals surface area contributed by atoms with Gasteiger partial charge in [0.1, 0.15) is 0 Å². The molecule has 164 valence electrons. The highest BCUT2D eigenvalue weighted by atomic mass is 16.4. The van der Waals surface area contributed by atoms with Crippen LogP contribution in [0.5, 0.6) is 0 Å². The molecule has 1 heterocycles. The molecule has 0 saturated carbocycles. The number of carboxylic acids is 3. The molecule has 0 radical (unpaired) electrons. The maximum absolute atomic E-state index is 11.8. The molecule has 1 aliphatic heterocycles. The van der Waals surface area contributed by atoms with E-state index in [2.05, 4.69) is 6.58 Å². The normalized spacial score (nSPS) is 19.0. The van der Waals surface area contributed by atoms with Crippen LogP contribution in [0.2, 0.25) is 0 Å². The van der Waals surface area contributed by atoms with Crippen LogP contribution in [0.15, 0.2) is 12.7 Å². The predicted molar refractivity (Wildman–Crippen MR) is 104 cm³/mol. The van der Waals surface area contributed by atoms with Gasteiger partial charge in [0.25, 0.3) is 0 Å². The van der Waals surface area contributed by atoms with Crippen LogP contribution in [0.25, 0.3) is 0 Å². The van der Waals surface area contributed by atoms with Gasteiger partial charge in [0, 0.05) is 52.4 Å². The SMILES string of the molecule is C=CC(=O)CN1CCN(CC(=O)O)CCN(CC(=O)O)CCN(CC(=O)O)CC1. The summed E-state index contributed by atoms with van der Waals surface area (Å²) in [6.07, 6.45) is 1.23. The smallest absolute Gasteiger partial charge is 0.317 e.